The zero-order chi connectivity index (χ0) is 19.4. The molecule has 2 amide bonds. The molecule has 0 spiro atoms. The molecule has 0 saturated carbocycles. The molecule has 0 bridgehead atoms. The maximum absolute atomic E-state index is 12.2. The van der Waals surface area contributed by atoms with E-state index in [-0.39, 0.29) is 18.4 Å². The maximum Gasteiger partial charge on any atom is 0.252 e. The summed E-state index contributed by atoms with van der Waals surface area (Å²) in [4.78, 5) is 24.4. The molecule has 0 aliphatic carbocycles. The van der Waals surface area contributed by atoms with E-state index in [1.807, 2.05) is 54.9 Å². The molecule has 1 heterocycles. The van der Waals surface area contributed by atoms with Gasteiger partial charge in [-0.05, 0) is 72.8 Å². The molecule has 6 nitrogen and oxygen atoms in total. The van der Waals surface area contributed by atoms with E-state index in [0.29, 0.717) is 11.3 Å². The van der Waals surface area contributed by atoms with Gasteiger partial charge in [0.2, 0.25) is 5.91 Å². The number of aryl methyl sites for hydroxylation is 2. The Balaban J connectivity index is 1.63. The van der Waals surface area contributed by atoms with E-state index in [0.717, 1.165) is 20.6 Å². The van der Waals surface area contributed by atoms with Gasteiger partial charge in [-0.1, -0.05) is 18.2 Å². The van der Waals surface area contributed by atoms with Gasteiger partial charge in [-0.3, -0.25) is 9.59 Å². The molecule has 1 aromatic heterocycles. The number of aromatic nitrogens is 2. The third-order valence-corrected chi connectivity index (χ3v) is 4.85. The summed E-state index contributed by atoms with van der Waals surface area (Å²) in [5.74, 6) is -0.564. The lowest BCUT2D eigenvalue weighted by molar-refractivity contribution is -0.115. The molecule has 0 aliphatic heterocycles. The van der Waals surface area contributed by atoms with Crippen molar-refractivity contribution in [1.82, 2.24) is 15.1 Å². The van der Waals surface area contributed by atoms with Crippen molar-refractivity contribution in [2.45, 2.75) is 13.8 Å². The first-order valence-electron chi connectivity index (χ1n) is 8.40. The van der Waals surface area contributed by atoms with Crippen LogP contribution in [0, 0.1) is 17.4 Å². The summed E-state index contributed by atoms with van der Waals surface area (Å²) in [6, 6.07) is 16.6. The number of nitrogens with one attached hydrogen (secondary N) is 2. The quantitative estimate of drug-likeness (QED) is 0.557. The number of halogens is 1. The zero-order valence-corrected chi connectivity index (χ0v) is 17.1. The van der Waals surface area contributed by atoms with Crippen LogP contribution < -0.4 is 10.6 Å². The largest absolute Gasteiger partial charge is 0.343 e. The minimum atomic E-state index is -0.292. The zero-order valence-electron chi connectivity index (χ0n) is 15.0. The first kappa shape index (κ1) is 19.1. The molecule has 27 heavy (non-hydrogen) atoms. The minimum absolute atomic E-state index is 0.103. The average Bonchev–Trinajstić information content (AvgIpc) is 2.98. The Morgan fingerprint density at radius 2 is 1.85 bits per heavy atom. The molecule has 0 unspecified atom stereocenters. The van der Waals surface area contributed by atoms with Crippen LogP contribution in [0.5, 0.6) is 0 Å². The Bertz CT molecular complexity index is 997. The Hall–Kier alpha value is -2.68. The van der Waals surface area contributed by atoms with E-state index in [4.69, 9.17) is 0 Å². The standard InChI is InChI=1S/C20H19IN4O2/c1-13-10-14(2)25(24-13)16-7-5-6-15(11-16)23-19(26)12-22-20(27)17-8-3-4-9-18(17)21/h3-11H,12H2,1-2H3,(H,22,27)(H,23,26). The Labute approximate surface area is 171 Å². The van der Waals surface area contributed by atoms with Gasteiger partial charge < -0.3 is 10.6 Å². The lowest BCUT2D eigenvalue weighted by Crippen LogP contribution is -2.33. The van der Waals surface area contributed by atoms with Crippen molar-refractivity contribution < 1.29 is 9.59 Å². The van der Waals surface area contributed by atoms with Crippen LogP contribution in [0.1, 0.15) is 21.7 Å². The number of rotatable bonds is 5. The van der Waals surface area contributed by atoms with Crippen molar-refractivity contribution in [3.05, 3.63) is 75.1 Å². The van der Waals surface area contributed by atoms with Crippen molar-refractivity contribution >= 4 is 40.1 Å². The van der Waals surface area contributed by atoms with E-state index in [2.05, 4.69) is 38.3 Å². The van der Waals surface area contributed by atoms with Crippen molar-refractivity contribution in [2.75, 3.05) is 11.9 Å². The van der Waals surface area contributed by atoms with Crippen LogP contribution in [0.3, 0.4) is 0 Å². The third-order valence-electron chi connectivity index (χ3n) is 3.91. The average molecular weight is 474 g/mol. The highest BCUT2D eigenvalue weighted by molar-refractivity contribution is 14.1. The summed E-state index contributed by atoms with van der Waals surface area (Å²) in [5, 5.41) is 9.90. The van der Waals surface area contributed by atoms with Gasteiger partial charge in [0, 0.05) is 15.0 Å². The predicted molar refractivity (Wildman–Crippen MR) is 113 cm³/mol. The maximum atomic E-state index is 12.2. The fourth-order valence-electron chi connectivity index (χ4n) is 2.71. The summed E-state index contributed by atoms with van der Waals surface area (Å²) in [6.45, 7) is 3.81. The van der Waals surface area contributed by atoms with Gasteiger partial charge in [-0.2, -0.15) is 5.10 Å². The second-order valence-corrected chi connectivity index (χ2v) is 7.26. The highest BCUT2D eigenvalue weighted by atomic mass is 127. The van der Waals surface area contributed by atoms with E-state index in [1.54, 1.807) is 18.2 Å². The van der Waals surface area contributed by atoms with E-state index < -0.39 is 0 Å². The Morgan fingerprint density at radius 3 is 2.56 bits per heavy atom. The summed E-state index contributed by atoms with van der Waals surface area (Å²) < 4.78 is 2.66. The molecule has 0 saturated heterocycles. The van der Waals surface area contributed by atoms with Crippen LogP contribution in [-0.4, -0.2) is 28.1 Å². The van der Waals surface area contributed by atoms with Crippen molar-refractivity contribution in [2.24, 2.45) is 0 Å². The molecular formula is C20H19IN4O2. The normalized spacial score (nSPS) is 10.5. The number of hydrogen-bond donors (Lipinski definition) is 2. The molecule has 7 heteroatoms. The molecule has 3 rings (SSSR count). The summed E-state index contributed by atoms with van der Waals surface area (Å²) in [7, 11) is 0. The molecule has 0 aliphatic rings. The van der Waals surface area contributed by atoms with E-state index in [9.17, 15) is 9.59 Å². The van der Waals surface area contributed by atoms with E-state index in [1.165, 1.54) is 0 Å². The number of hydrogen-bond acceptors (Lipinski definition) is 3. The van der Waals surface area contributed by atoms with Gasteiger partial charge in [0.1, 0.15) is 0 Å². The fourth-order valence-corrected chi connectivity index (χ4v) is 3.34. The van der Waals surface area contributed by atoms with Crippen molar-refractivity contribution in [3.8, 4) is 5.69 Å². The summed E-state index contributed by atoms with van der Waals surface area (Å²) in [5.41, 5.74) is 4.01. The number of benzene rings is 2. The van der Waals surface area contributed by atoms with Crippen LogP contribution in [-0.2, 0) is 4.79 Å². The molecular weight excluding hydrogens is 455 g/mol. The smallest absolute Gasteiger partial charge is 0.252 e. The van der Waals surface area contributed by atoms with Gasteiger partial charge in [-0.15, -0.1) is 0 Å². The third kappa shape index (κ3) is 4.73. The Kier molecular flexibility index (Phi) is 5.90. The van der Waals surface area contributed by atoms with Crippen molar-refractivity contribution in [1.29, 1.82) is 0 Å². The molecule has 0 atom stereocenters. The first-order valence-corrected chi connectivity index (χ1v) is 9.48. The van der Waals surface area contributed by atoms with Gasteiger partial charge in [0.25, 0.3) is 5.91 Å². The summed E-state index contributed by atoms with van der Waals surface area (Å²) in [6.07, 6.45) is 0. The van der Waals surface area contributed by atoms with Gasteiger partial charge in [0.05, 0.1) is 23.5 Å². The van der Waals surface area contributed by atoms with Crippen LogP contribution >= 0.6 is 22.6 Å². The van der Waals surface area contributed by atoms with Crippen LogP contribution in [0.4, 0.5) is 5.69 Å². The highest BCUT2D eigenvalue weighted by Crippen LogP contribution is 2.17. The van der Waals surface area contributed by atoms with Crippen LogP contribution in [0.25, 0.3) is 5.69 Å². The lowest BCUT2D eigenvalue weighted by atomic mass is 10.2. The van der Waals surface area contributed by atoms with Crippen LogP contribution in [0.2, 0.25) is 0 Å². The minimum Gasteiger partial charge on any atom is -0.343 e. The topological polar surface area (TPSA) is 76.0 Å². The highest BCUT2D eigenvalue weighted by Gasteiger charge is 2.11. The number of carbonyl (C=O) groups excluding carboxylic acids is 2. The monoisotopic (exact) mass is 474 g/mol. The van der Waals surface area contributed by atoms with Gasteiger partial charge in [0.15, 0.2) is 0 Å². The number of anilines is 1. The first-order chi connectivity index (χ1) is 12.9. The fraction of sp³-hybridized carbons (Fsp3) is 0.150. The number of nitrogens with zero attached hydrogens (tertiary/aromatic N) is 2. The molecule has 2 N–H and O–H groups in total. The Morgan fingerprint density at radius 1 is 1.07 bits per heavy atom. The van der Waals surface area contributed by atoms with Gasteiger partial charge >= 0.3 is 0 Å². The molecule has 0 fully saturated rings. The van der Waals surface area contributed by atoms with Crippen molar-refractivity contribution in [3.63, 3.8) is 0 Å². The SMILES string of the molecule is Cc1cc(C)n(-c2cccc(NC(=O)CNC(=O)c3ccccc3I)c2)n1. The second-order valence-electron chi connectivity index (χ2n) is 6.10. The van der Waals surface area contributed by atoms with Gasteiger partial charge in [-0.25, -0.2) is 4.68 Å². The number of amides is 2. The second kappa shape index (κ2) is 8.34. The van der Waals surface area contributed by atoms with E-state index >= 15 is 0 Å². The molecule has 3 aromatic rings. The molecule has 138 valence electrons. The number of carbonyl (C=O) groups is 2. The molecule has 2 aromatic carbocycles. The predicted octanol–water partition coefficient (Wildman–Crippen LogP) is 3.46. The lowest BCUT2D eigenvalue weighted by Gasteiger charge is -2.10. The van der Waals surface area contributed by atoms with Crippen LogP contribution in [0.15, 0.2) is 54.6 Å². The molecule has 0 radical (unpaired) electrons. The summed E-state index contributed by atoms with van der Waals surface area (Å²) >= 11 is 2.10.